The van der Waals surface area contributed by atoms with Gasteiger partial charge >= 0.3 is 0 Å². The van der Waals surface area contributed by atoms with E-state index in [2.05, 4.69) is 5.10 Å². The average Bonchev–Trinajstić information content (AvgIpc) is 2.55. The van der Waals surface area contributed by atoms with Crippen LogP contribution < -0.4 is 11.3 Å². The van der Waals surface area contributed by atoms with E-state index >= 15 is 0 Å². The van der Waals surface area contributed by atoms with Gasteiger partial charge in [-0.3, -0.25) is 9.89 Å². The van der Waals surface area contributed by atoms with E-state index in [0.717, 1.165) is 5.69 Å². The van der Waals surface area contributed by atoms with Crippen molar-refractivity contribution in [2.24, 2.45) is 5.73 Å². The second-order valence-electron chi connectivity index (χ2n) is 3.58. The van der Waals surface area contributed by atoms with Gasteiger partial charge in [-0.15, -0.1) is 0 Å². The first kappa shape index (κ1) is 10.5. The van der Waals surface area contributed by atoms with E-state index < -0.39 is 0 Å². The summed E-state index contributed by atoms with van der Waals surface area (Å²) in [5.74, 6) is 0.166. The molecule has 16 heavy (non-hydrogen) atoms. The molecular formula is C11H13N3O2. The zero-order valence-corrected chi connectivity index (χ0v) is 8.90. The van der Waals surface area contributed by atoms with E-state index in [1.165, 1.54) is 16.8 Å². The number of nitrogens with two attached hydrogens (primary N) is 1. The Hall–Kier alpha value is -2.01. The SMILES string of the molecule is Cc1[nH]n(-c2ccc(O)cc2)c(=O)c1CN. The van der Waals surface area contributed by atoms with Gasteiger partial charge in [0.1, 0.15) is 5.75 Å². The molecule has 5 nitrogen and oxygen atoms in total. The van der Waals surface area contributed by atoms with Gasteiger partial charge in [0.2, 0.25) is 0 Å². The van der Waals surface area contributed by atoms with Crippen molar-refractivity contribution in [3.8, 4) is 11.4 Å². The molecule has 2 aromatic rings. The number of rotatable bonds is 2. The Kier molecular flexibility index (Phi) is 2.54. The van der Waals surface area contributed by atoms with Gasteiger partial charge in [-0.05, 0) is 31.2 Å². The number of benzene rings is 1. The summed E-state index contributed by atoms with van der Waals surface area (Å²) in [7, 11) is 0. The minimum Gasteiger partial charge on any atom is -0.508 e. The Labute approximate surface area is 92.1 Å². The lowest BCUT2D eigenvalue weighted by Crippen LogP contribution is -2.19. The minimum atomic E-state index is -0.148. The molecule has 0 radical (unpaired) electrons. The quantitative estimate of drug-likeness (QED) is 0.693. The standard InChI is InChI=1S/C11H13N3O2/c1-7-10(6-12)11(16)14(13-7)8-2-4-9(15)5-3-8/h2-5,13,15H,6,12H2,1H3. The molecule has 0 aliphatic heterocycles. The number of aryl methyl sites for hydroxylation is 1. The van der Waals surface area contributed by atoms with Crippen molar-refractivity contribution in [1.82, 2.24) is 9.78 Å². The molecule has 2 rings (SSSR count). The first-order valence-corrected chi connectivity index (χ1v) is 4.93. The zero-order chi connectivity index (χ0) is 11.7. The summed E-state index contributed by atoms with van der Waals surface area (Å²) in [4.78, 5) is 11.9. The average molecular weight is 219 g/mol. The molecule has 0 bridgehead atoms. The molecule has 5 heteroatoms. The number of nitrogens with zero attached hydrogens (tertiary/aromatic N) is 1. The largest absolute Gasteiger partial charge is 0.508 e. The highest BCUT2D eigenvalue weighted by molar-refractivity contribution is 5.37. The predicted molar refractivity (Wildman–Crippen MR) is 60.7 cm³/mol. The van der Waals surface area contributed by atoms with Crippen LogP contribution >= 0.6 is 0 Å². The number of H-pyrrole nitrogens is 1. The van der Waals surface area contributed by atoms with E-state index in [0.29, 0.717) is 11.3 Å². The van der Waals surface area contributed by atoms with Gasteiger partial charge < -0.3 is 10.8 Å². The number of hydrogen-bond acceptors (Lipinski definition) is 3. The maximum Gasteiger partial charge on any atom is 0.275 e. The Morgan fingerprint density at radius 1 is 1.38 bits per heavy atom. The maximum absolute atomic E-state index is 11.9. The fourth-order valence-corrected chi connectivity index (χ4v) is 1.61. The lowest BCUT2D eigenvalue weighted by Gasteiger charge is -2.00. The Morgan fingerprint density at radius 3 is 2.50 bits per heavy atom. The second-order valence-corrected chi connectivity index (χ2v) is 3.58. The number of aromatic hydroxyl groups is 1. The normalized spacial score (nSPS) is 10.6. The summed E-state index contributed by atoms with van der Waals surface area (Å²) in [5, 5.41) is 12.1. The Morgan fingerprint density at radius 2 is 2.00 bits per heavy atom. The smallest absolute Gasteiger partial charge is 0.275 e. The number of phenols is 1. The van der Waals surface area contributed by atoms with Crippen molar-refractivity contribution in [3.05, 3.63) is 45.9 Å². The molecule has 1 heterocycles. The van der Waals surface area contributed by atoms with Gasteiger partial charge in [-0.1, -0.05) is 0 Å². The zero-order valence-electron chi connectivity index (χ0n) is 8.90. The summed E-state index contributed by atoms with van der Waals surface area (Å²) in [6.07, 6.45) is 0. The molecule has 0 fully saturated rings. The van der Waals surface area contributed by atoms with Crippen LogP contribution in [-0.4, -0.2) is 14.9 Å². The van der Waals surface area contributed by atoms with Crippen LogP contribution in [0.15, 0.2) is 29.1 Å². The van der Waals surface area contributed by atoms with E-state index in [1.807, 2.05) is 0 Å². The van der Waals surface area contributed by atoms with Crippen LogP contribution in [0.1, 0.15) is 11.3 Å². The molecular weight excluding hydrogens is 206 g/mol. The number of nitrogens with one attached hydrogen (secondary N) is 1. The van der Waals surface area contributed by atoms with Crippen LogP contribution in [0.5, 0.6) is 5.75 Å². The highest BCUT2D eigenvalue weighted by atomic mass is 16.3. The number of aromatic amines is 1. The Bertz CT molecular complexity index is 552. The molecule has 0 amide bonds. The third-order valence-corrected chi connectivity index (χ3v) is 2.51. The second kappa shape index (κ2) is 3.86. The molecule has 0 spiro atoms. The molecule has 1 aromatic heterocycles. The summed E-state index contributed by atoms with van der Waals surface area (Å²) in [6.45, 7) is 2.02. The fraction of sp³-hybridized carbons (Fsp3) is 0.182. The number of phenolic OH excluding ortho intramolecular Hbond substituents is 1. The predicted octanol–water partition coefficient (Wildman–Crippen LogP) is 0.638. The maximum atomic E-state index is 11.9. The van der Waals surface area contributed by atoms with Crippen LogP contribution in [0, 0.1) is 6.92 Å². The summed E-state index contributed by atoms with van der Waals surface area (Å²) >= 11 is 0. The van der Waals surface area contributed by atoms with E-state index in [-0.39, 0.29) is 17.9 Å². The van der Waals surface area contributed by atoms with Crippen LogP contribution in [0.25, 0.3) is 5.69 Å². The van der Waals surface area contributed by atoms with Crippen molar-refractivity contribution >= 4 is 0 Å². The van der Waals surface area contributed by atoms with Crippen molar-refractivity contribution in [2.45, 2.75) is 13.5 Å². The van der Waals surface area contributed by atoms with Crippen LogP contribution in [0.2, 0.25) is 0 Å². The summed E-state index contributed by atoms with van der Waals surface area (Å²) in [6, 6.07) is 6.38. The molecule has 84 valence electrons. The molecule has 4 N–H and O–H groups in total. The van der Waals surface area contributed by atoms with E-state index in [9.17, 15) is 4.79 Å². The molecule has 1 aromatic carbocycles. The van der Waals surface area contributed by atoms with E-state index in [4.69, 9.17) is 10.8 Å². The van der Waals surface area contributed by atoms with Gasteiger partial charge in [0.25, 0.3) is 5.56 Å². The number of aromatic nitrogens is 2. The third-order valence-electron chi connectivity index (χ3n) is 2.51. The Balaban J connectivity index is 2.57. The van der Waals surface area contributed by atoms with Gasteiger partial charge in [-0.2, -0.15) is 0 Å². The van der Waals surface area contributed by atoms with Crippen molar-refractivity contribution < 1.29 is 5.11 Å². The first-order valence-electron chi connectivity index (χ1n) is 4.93. The highest BCUT2D eigenvalue weighted by Gasteiger charge is 2.10. The lowest BCUT2D eigenvalue weighted by molar-refractivity contribution is 0.475. The lowest BCUT2D eigenvalue weighted by atomic mass is 10.2. The van der Waals surface area contributed by atoms with Gasteiger partial charge in [0, 0.05) is 12.2 Å². The number of hydrogen-bond donors (Lipinski definition) is 3. The van der Waals surface area contributed by atoms with Crippen molar-refractivity contribution in [2.75, 3.05) is 0 Å². The summed E-state index contributed by atoms with van der Waals surface area (Å²) < 4.78 is 1.41. The van der Waals surface area contributed by atoms with E-state index in [1.54, 1.807) is 19.1 Å². The van der Waals surface area contributed by atoms with Crippen molar-refractivity contribution in [1.29, 1.82) is 0 Å². The minimum absolute atomic E-state index is 0.148. The van der Waals surface area contributed by atoms with Crippen LogP contribution in [-0.2, 0) is 6.54 Å². The fourth-order valence-electron chi connectivity index (χ4n) is 1.61. The topological polar surface area (TPSA) is 84.0 Å². The third kappa shape index (κ3) is 1.61. The van der Waals surface area contributed by atoms with Gasteiger partial charge in [0.15, 0.2) is 0 Å². The van der Waals surface area contributed by atoms with Gasteiger partial charge in [0.05, 0.1) is 11.3 Å². The highest BCUT2D eigenvalue weighted by Crippen LogP contribution is 2.12. The van der Waals surface area contributed by atoms with Crippen LogP contribution in [0.3, 0.4) is 0 Å². The molecule has 0 atom stereocenters. The molecule has 0 aliphatic rings. The molecule has 0 saturated carbocycles. The first-order chi connectivity index (χ1) is 7.63. The van der Waals surface area contributed by atoms with Gasteiger partial charge in [-0.25, -0.2) is 4.68 Å². The van der Waals surface area contributed by atoms with Crippen LogP contribution in [0.4, 0.5) is 0 Å². The molecule has 0 unspecified atom stereocenters. The molecule has 0 aliphatic carbocycles. The monoisotopic (exact) mass is 219 g/mol. The van der Waals surface area contributed by atoms with Crippen molar-refractivity contribution in [3.63, 3.8) is 0 Å². The summed E-state index contributed by atoms with van der Waals surface area (Å²) in [5.41, 5.74) is 7.36. The molecule has 0 saturated heterocycles.